The summed E-state index contributed by atoms with van der Waals surface area (Å²) in [5, 5.41) is 0. The van der Waals surface area contributed by atoms with Crippen LogP contribution in [0.25, 0.3) is 0 Å². The summed E-state index contributed by atoms with van der Waals surface area (Å²) in [7, 11) is 0. The lowest BCUT2D eigenvalue weighted by Gasteiger charge is -2.42. The average molecular weight is 460 g/mol. The van der Waals surface area contributed by atoms with Gasteiger partial charge in [-0.15, -0.1) is 0 Å². The van der Waals surface area contributed by atoms with E-state index >= 15 is 0 Å². The molecule has 0 bridgehead atoms. The summed E-state index contributed by atoms with van der Waals surface area (Å²) in [4.78, 5) is 0. The van der Waals surface area contributed by atoms with Crippen molar-refractivity contribution in [2.24, 2.45) is 0 Å². The smallest absolute Gasteiger partial charge is 0.422 e. The lowest BCUT2D eigenvalue weighted by Crippen LogP contribution is -2.74. The van der Waals surface area contributed by atoms with Crippen LogP contribution in [-0.4, -0.2) is 47.8 Å². The van der Waals surface area contributed by atoms with Gasteiger partial charge in [0, 0.05) is 0 Å². The molecule has 1 heterocycles. The van der Waals surface area contributed by atoms with Gasteiger partial charge in [-0.2, -0.15) is 65.9 Å². The van der Waals surface area contributed by atoms with Crippen molar-refractivity contribution in [3.63, 3.8) is 0 Å². The Hall–Kier alpha value is -1.65. The Morgan fingerprint density at radius 3 is 1.29 bits per heavy atom. The van der Waals surface area contributed by atoms with Crippen LogP contribution in [-0.2, 0) is 4.74 Å². The normalized spacial score (nSPS) is 26.0. The van der Waals surface area contributed by atoms with E-state index in [4.69, 9.17) is 0 Å². The van der Waals surface area contributed by atoms with Crippen molar-refractivity contribution in [2.75, 3.05) is 0 Å². The van der Waals surface area contributed by atoms with E-state index in [-0.39, 0.29) is 0 Å². The molecular formula is C10HF17O. The topological polar surface area (TPSA) is 9.23 Å². The van der Waals surface area contributed by atoms with Crippen molar-refractivity contribution in [3.8, 4) is 0 Å². The fourth-order valence-electron chi connectivity index (χ4n) is 1.70. The van der Waals surface area contributed by atoms with Gasteiger partial charge in [-0.25, -0.2) is 8.78 Å². The molecule has 1 rings (SSSR count). The molecule has 28 heavy (non-hydrogen) atoms. The van der Waals surface area contributed by atoms with Crippen molar-refractivity contribution >= 4 is 0 Å². The van der Waals surface area contributed by atoms with E-state index in [1.807, 2.05) is 0 Å². The van der Waals surface area contributed by atoms with Crippen LogP contribution in [0.3, 0.4) is 0 Å². The van der Waals surface area contributed by atoms with Crippen molar-refractivity contribution in [1.29, 1.82) is 0 Å². The molecule has 166 valence electrons. The van der Waals surface area contributed by atoms with Gasteiger partial charge in [-0.05, 0) is 0 Å². The minimum atomic E-state index is -8.47. The Balaban J connectivity index is 3.60. The molecule has 1 aliphatic rings. The molecular weight excluding hydrogens is 459 g/mol. The molecule has 0 saturated carbocycles. The quantitative estimate of drug-likeness (QED) is 0.467. The minimum Gasteiger partial charge on any atom is -0.422 e. The molecule has 18 heteroatoms. The molecule has 0 radical (unpaired) electrons. The minimum absolute atomic E-state index is 2.36. The summed E-state index contributed by atoms with van der Waals surface area (Å²) in [6, 6.07) is -3.37. The summed E-state index contributed by atoms with van der Waals surface area (Å²) in [6.07, 6.45) is -12.7. The predicted molar refractivity (Wildman–Crippen MR) is 49.9 cm³/mol. The Morgan fingerprint density at radius 1 is 0.643 bits per heavy atom. The molecule has 1 aliphatic heterocycles. The lowest BCUT2D eigenvalue weighted by molar-refractivity contribution is -0.458. The summed E-state index contributed by atoms with van der Waals surface area (Å²) in [5.74, 6) is -51.0. The van der Waals surface area contributed by atoms with Gasteiger partial charge in [0.1, 0.15) is 0 Å². The molecule has 0 aromatic heterocycles. The molecule has 0 aromatic rings. The van der Waals surface area contributed by atoms with E-state index < -0.39 is 59.7 Å². The van der Waals surface area contributed by atoms with Crippen molar-refractivity contribution < 1.29 is 79.4 Å². The standard InChI is InChI=1S/C10HF17O/c11-1-2(12)4(14,28-3(1)13)5(15,16)6(17,18)7(19,20)8(21,22)9(23,24)10(25,26)27/h2H. The zero-order chi connectivity index (χ0) is 22.9. The van der Waals surface area contributed by atoms with E-state index in [0.717, 1.165) is 0 Å². The summed E-state index contributed by atoms with van der Waals surface area (Å²) < 4.78 is 220. The first kappa shape index (κ1) is 24.4. The van der Waals surface area contributed by atoms with E-state index in [1.165, 1.54) is 0 Å². The predicted octanol–water partition coefficient (Wildman–Crippen LogP) is 5.87. The fourth-order valence-corrected chi connectivity index (χ4v) is 1.70. The molecule has 0 N–H and O–H groups in total. The zero-order valence-corrected chi connectivity index (χ0v) is 11.9. The maximum Gasteiger partial charge on any atom is 0.460 e. The molecule has 0 amide bonds. The van der Waals surface area contributed by atoms with E-state index in [0.29, 0.717) is 0 Å². The zero-order valence-electron chi connectivity index (χ0n) is 11.9. The van der Waals surface area contributed by atoms with Crippen molar-refractivity contribution in [3.05, 3.63) is 11.8 Å². The van der Waals surface area contributed by atoms with Crippen molar-refractivity contribution in [2.45, 2.75) is 47.8 Å². The lowest BCUT2D eigenvalue weighted by atomic mass is 9.89. The summed E-state index contributed by atoms with van der Waals surface area (Å²) in [5.41, 5.74) is 0. The number of rotatable bonds is 5. The van der Waals surface area contributed by atoms with Crippen LogP contribution in [0, 0.1) is 0 Å². The van der Waals surface area contributed by atoms with Crippen LogP contribution in [0.1, 0.15) is 0 Å². The highest BCUT2D eigenvalue weighted by atomic mass is 19.4. The third-order valence-electron chi connectivity index (χ3n) is 3.34. The van der Waals surface area contributed by atoms with Gasteiger partial charge in [0.2, 0.25) is 12.0 Å². The maximum atomic E-state index is 13.6. The molecule has 0 fully saturated rings. The number of ether oxygens (including phenoxy) is 1. The molecule has 0 aromatic carbocycles. The van der Waals surface area contributed by atoms with Crippen LogP contribution < -0.4 is 0 Å². The van der Waals surface area contributed by atoms with Crippen LogP contribution in [0.4, 0.5) is 74.6 Å². The Bertz CT molecular complexity index is 659. The Morgan fingerprint density at radius 2 is 1.00 bits per heavy atom. The fraction of sp³-hybridized carbons (Fsp3) is 0.800. The molecule has 0 aliphatic carbocycles. The largest absolute Gasteiger partial charge is 0.460 e. The average Bonchev–Trinajstić information content (AvgIpc) is 2.69. The first-order valence-electron chi connectivity index (χ1n) is 5.98. The van der Waals surface area contributed by atoms with Gasteiger partial charge >= 0.3 is 47.7 Å². The number of halogens is 17. The molecule has 1 nitrogen and oxygen atoms in total. The van der Waals surface area contributed by atoms with Crippen LogP contribution in [0.15, 0.2) is 11.8 Å². The van der Waals surface area contributed by atoms with Gasteiger partial charge in [0.25, 0.3) is 0 Å². The van der Waals surface area contributed by atoms with E-state index in [1.54, 1.807) is 0 Å². The second kappa shape index (κ2) is 5.93. The van der Waals surface area contributed by atoms with Gasteiger partial charge in [0.15, 0.2) is 0 Å². The molecule has 0 saturated heterocycles. The van der Waals surface area contributed by atoms with Crippen LogP contribution in [0.5, 0.6) is 0 Å². The maximum absolute atomic E-state index is 13.6. The van der Waals surface area contributed by atoms with Crippen LogP contribution >= 0.6 is 0 Å². The second-order valence-electron chi connectivity index (χ2n) is 5.10. The highest BCUT2D eigenvalue weighted by Crippen LogP contribution is 2.64. The first-order valence-corrected chi connectivity index (χ1v) is 5.98. The van der Waals surface area contributed by atoms with Gasteiger partial charge in [0.05, 0.1) is 0 Å². The SMILES string of the molecule is FC1=C(F)C(F)C(F)(C(F)(F)C(F)(F)C(F)(F)C(F)(F)C(F)(F)C(F)(F)F)O1. The molecule has 2 unspecified atom stereocenters. The summed E-state index contributed by atoms with van der Waals surface area (Å²) in [6.45, 7) is 0. The number of alkyl halides is 15. The van der Waals surface area contributed by atoms with Crippen molar-refractivity contribution in [1.82, 2.24) is 0 Å². The first-order chi connectivity index (χ1) is 11.9. The monoisotopic (exact) mass is 460 g/mol. The van der Waals surface area contributed by atoms with E-state index in [2.05, 4.69) is 4.74 Å². The summed E-state index contributed by atoms with van der Waals surface area (Å²) >= 11 is 0. The number of hydrogen-bond donors (Lipinski definition) is 0. The second-order valence-corrected chi connectivity index (χ2v) is 5.10. The molecule has 2 atom stereocenters. The van der Waals surface area contributed by atoms with Gasteiger partial charge in [-0.3, -0.25) is 0 Å². The third kappa shape index (κ3) is 2.61. The number of hydrogen-bond acceptors (Lipinski definition) is 1. The third-order valence-corrected chi connectivity index (χ3v) is 3.34. The van der Waals surface area contributed by atoms with Gasteiger partial charge in [-0.1, -0.05) is 0 Å². The highest BCUT2D eigenvalue weighted by molar-refractivity contribution is 5.22. The Labute approximate surface area is 140 Å². The molecule has 0 spiro atoms. The Kier molecular flexibility index (Phi) is 5.16. The van der Waals surface area contributed by atoms with E-state index in [9.17, 15) is 74.6 Å². The van der Waals surface area contributed by atoms with Crippen LogP contribution in [0.2, 0.25) is 0 Å². The highest BCUT2D eigenvalue weighted by Gasteiger charge is 2.94. The van der Waals surface area contributed by atoms with Gasteiger partial charge < -0.3 is 4.74 Å².